The number of hydrogen-bond donors (Lipinski definition) is 2. The van der Waals surface area contributed by atoms with Crippen LogP contribution in [0.1, 0.15) is 19.3 Å². The summed E-state index contributed by atoms with van der Waals surface area (Å²) in [6.45, 7) is -0.848. The average molecular weight is 377 g/mol. The molecule has 0 saturated carbocycles. The molecule has 0 aliphatic rings. The van der Waals surface area contributed by atoms with Crippen LogP contribution in [0, 0.1) is 0 Å². The number of isocyanates is 1. The first-order chi connectivity index (χ1) is 12.3. The van der Waals surface area contributed by atoms with Crippen molar-refractivity contribution >= 4 is 24.0 Å². The molecule has 0 amide bonds. The first kappa shape index (κ1) is 23.7. The van der Waals surface area contributed by atoms with Gasteiger partial charge in [0.05, 0.1) is 66.0 Å². The molecule has 0 atom stereocenters. The number of carbonyl (C=O) groups is 3. The number of nitrogens with zero attached hydrogens (tertiary/aromatic N) is 1. The molecule has 148 valence electrons. The molecule has 0 spiro atoms. The Hall–Kier alpha value is -2.33. The number of carbonyl (C=O) groups excluding carboxylic acids is 2. The topological polar surface area (TPSA) is 158 Å². The first-order valence-corrected chi connectivity index (χ1v) is 7.68. The van der Waals surface area contributed by atoms with E-state index in [-0.39, 0.29) is 58.9 Å². The SMILES string of the molecule is COC(=O)CCOCC(COCCC(=O)O)(COCCC(=O)O)N=C=O. The lowest BCUT2D eigenvalue weighted by Crippen LogP contribution is -2.43. The number of methoxy groups -OCH3 is 1. The molecule has 0 aromatic heterocycles. The largest absolute Gasteiger partial charge is 0.481 e. The van der Waals surface area contributed by atoms with Crippen LogP contribution < -0.4 is 0 Å². The van der Waals surface area contributed by atoms with Gasteiger partial charge in [0.2, 0.25) is 6.08 Å². The van der Waals surface area contributed by atoms with Crippen LogP contribution in [0.25, 0.3) is 0 Å². The second-order valence-corrected chi connectivity index (χ2v) is 5.20. The number of esters is 1. The maximum Gasteiger partial charge on any atom is 0.307 e. The van der Waals surface area contributed by atoms with Gasteiger partial charge in [0.1, 0.15) is 5.54 Å². The molecular formula is C15H23NO10. The van der Waals surface area contributed by atoms with Crippen LogP contribution in [-0.2, 0) is 38.1 Å². The molecular weight excluding hydrogens is 354 g/mol. The van der Waals surface area contributed by atoms with Crippen molar-refractivity contribution in [3.8, 4) is 0 Å². The molecule has 0 heterocycles. The van der Waals surface area contributed by atoms with Gasteiger partial charge in [-0.15, -0.1) is 0 Å². The molecule has 11 nitrogen and oxygen atoms in total. The van der Waals surface area contributed by atoms with Crippen LogP contribution in [0.2, 0.25) is 0 Å². The molecule has 0 rings (SSSR count). The van der Waals surface area contributed by atoms with Gasteiger partial charge in [0, 0.05) is 0 Å². The summed E-state index contributed by atoms with van der Waals surface area (Å²) >= 11 is 0. The van der Waals surface area contributed by atoms with E-state index in [0.717, 1.165) is 0 Å². The minimum absolute atomic E-state index is 0.00689. The van der Waals surface area contributed by atoms with Gasteiger partial charge >= 0.3 is 17.9 Å². The van der Waals surface area contributed by atoms with Crippen molar-refractivity contribution in [1.29, 1.82) is 0 Å². The standard InChI is InChI=1S/C15H23NO10/c1-23-14(22)4-7-26-10-15(16-11-17,8-24-5-2-12(18)19)9-25-6-3-13(20)21/h2-10H2,1H3,(H,18,19)(H,20,21). The lowest BCUT2D eigenvalue weighted by Gasteiger charge is -2.27. The van der Waals surface area contributed by atoms with Gasteiger partial charge in [-0.2, -0.15) is 4.99 Å². The monoisotopic (exact) mass is 377 g/mol. The molecule has 0 unspecified atom stereocenters. The van der Waals surface area contributed by atoms with Gasteiger partial charge in [0.25, 0.3) is 0 Å². The van der Waals surface area contributed by atoms with E-state index in [1.165, 1.54) is 13.2 Å². The van der Waals surface area contributed by atoms with E-state index in [2.05, 4.69) is 9.73 Å². The predicted octanol–water partition coefficient (Wildman–Crippen LogP) is -0.377. The van der Waals surface area contributed by atoms with E-state index >= 15 is 0 Å². The van der Waals surface area contributed by atoms with E-state index in [4.69, 9.17) is 24.4 Å². The molecule has 11 heteroatoms. The zero-order chi connectivity index (χ0) is 19.8. The third-order valence-electron chi connectivity index (χ3n) is 2.99. The third-order valence-corrected chi connectivity index (χ3v) is 2.99. The highest BCUT2D eigenvalue weighted by Gasteiger charge is 2.32. The second-order valence-electron chi connectivity index (χ2n) is 5.20. The molecule has 2 N–H and O–H groups in total. The number of ether oxygens (including phenoxy) is 4. The smallest absolute Gasteiger partial charge is 0.307 e. The van der Waals surface area contributed by atoms with E-state index < -0.39 is 23.4 Å². The number of rotatable bonds is 16. The summed E-state index contributed by atoms with van der Waals surface area (Å²) in [5.41, 5.74) is -1.34. The average Bonchev–Trinajstić information content (AvgIpc) is 2.59. The lowest BCUT2D eigenvalue weighted by atomic mass is 10.0. The van der Waals surface area contributed by atoms with E-state index in [0.29, 0.717) is 0 Å². The molecule has 0 saturated heterocycles. The Morgan fingerprint density at radius 2 is 1.31 bits per heavy atom. The summed E-state index contributed by atoms with van der Waals surface area (Å²) in [5.74, 6) is -2.59. The van der Waals surface area contributed by atoms with Crippen molar-refractivity contribution in [2.24, 2.45) is 4.99 Å². The van der Waals surface area contributed by atoms with Crippen LogP contribution in [0.4, 0.5) is 0 Å². The summed E-state index contributed by atoms with van der Waals surface area (Å²) < 4.78 is 20.2. The van der Waals surface area contributed by atoms with Crippen LogP contribution in [0.5, 0.6) is 0 Å². The second kappa shape index (κ2) is 13.9. The summed E-state index contributed by atoms with van der Waals surface area (Å²) in [7, 11) is 1.23. The van der Waals surface area contributed by atoms with Crippen molar-refractivity contribution in [2.75, 3.05) is 46.8 Å². The van der Waals surface area contributed by atoms with Gasteiger partial charge in [-0.3, -0.25) is 14.4 Å². The quantitative estimate of drug-likeness (QED) is 0.157. The summed E-state index contributed by atoms with van der Waals surface area (Å²) in [6, 6.07) is 0. The van der Waals surface area contributed by atoms with E-state index in [1.54, 1.807) is 0 Å². The number of aliphatic carboxylic acids is 2. The highest BCUT2D eigenvalue weighted by Crippen LogP contribution is 2.14. The van der Waals surface area contributed by atoms with Crippen molar-refractivity contribution in [2.45, 2.75) is 24.8 Å². The molecule has 0 bridgehead atoms. The van der Waals surface area contributed by atoms with Gasteiger partial charge in [0.15, 0.2) is 0 Å². The maximum atomic E-state index is 11.1. The predicted molar refractivity (Wildman–Crippen MR) is 84.4 cm³/mol. The highest BCUT2D eigenvalue weighted by molar-refractivity contribution is 5.69. The molecule has 26 heavy (non-hydrogen) atoms. The number of aliphatic imine (C=N–C) groups is 1. The zero-order valence-electron chi connectivity index (χ0n) is 14.5. The number of hydrogen-bond acceptors (Lipinski definition) is 9. The Kier molecular flexibility index (Phi) is 12.7. The molecule has 0 aliphatic carbocycles. The fraction of sp³-hybridized carbons (Fsp3) is 0.733. The Morgan fingerprint density at radius 1 is 0.885 bits per heavy atom. The van der Waals surface area contributed by atoms with Crippen LogP contribution >= 0.6 is 0 Å². The molecule has 0 aliphatic heterocycles. The maximum absolute atomic E-state index is 11.1. The van der Waals surface area contributed by atoms with Gasteiger partial charge in [-0.1, -0.05) is 0 Å². The van der Waals surface area contributed by atoms with Crippen LogP contribution in [0.3, 0.4) is 0 Å². The summed E-state index contributed by atoms with van der Waals surface area (Å²) in [6.07, 6.45) is 0.871. The normalized spacial score (nSPS) is 10.8. The summed E-state index contributed by atoms with van der Waals surface area (Å²) in [4.78, 5) is 46.5. The zero-order valence-corrected chi connectivity index (χ0v) is 14.5. The lowest BCUT2D eigenvalue weighted by molar-refractivity contribution is -0.142. The van der Waals surface area contributed by atoms with Crippen molar-refractivity contribution in [1.82, 2.24) is 0 Å². The Bertz CT molecular complexity index is 479. The Balaban J connectivity index is 4.73. The molecule has 0 fully saturated rings. The van der Waals surface area contributed by atoms with Crippen molar-refractivity contribution in [3.63, 3.8) is 0 Å². The minimum Gasteiger partial charge on any atom is -0.481 e. The number of carboxylic acid groups (broad SMARTS) is 2. The van der Waals surface area contributed by atoms with Gasteiger partial charge in [-0.05, 0) is 0 Å². The minimum atomic E-state index is -1.34. The first-order valence-electron chi connectivity index (χ1n) is 7.68. The fourth-order valence-electron chi connectivity index (χ4n) is 1.68. The Labute approximate surface area is 149 Å². The number of carboxylic acids is 2. The molecule has 0 aromatic carbocycles. The Morgan fingerprint density at radius 3 is 1.65 bits per heavy atom. The molecule has 0 radical (unpaired) electrons. The van der Waals surface area contributed by atoms with E-state index in [1.807, 2.05) is 0 Å². The van der Waals surface area contributed by atoms with Gasteiger partial charge in [-0.25, -0.2) is 4.79 Å². The molecule has 0 aromatic rings. The van der Waals surface area contributed by atoms with Gasteiger partial charge < -0.3 is 29.2 Å². The van der Waals surface area contributed by atoms with Crippen molar-refractivity contribution < 1.29 is 48.3 Å². The van der Waals surface area contributed by atoms with Crippen LogP contribution in [0.15, 0.2) is 4.99 Å². The van der Waals surface area contributed by atoms with E-state index in [9.17, 15) is 19.2 Å². The van der Waals surface area contributed by atoms with Crippen molar-refractivity contribution in [3.05, 3.63) is 0 Å². The van der Waals surface area contributed by atoms with Crippen LogP contribution in [-0.4, -0.2) is 86.5 Å². The fourth-order valence-corrected chi connectivity index (χ4v) is 1.68. The highest BCUT2D eigenvalue weighted by atomic mass is 16.5. The third kappa shape index (κ3) is 12.1. The summed E-state index contributed by atoms with van der Waals surface area (Å²) in [5, 5.41) is 17.2.